The molecule has 1 heterocycles. The summed E-state index contributed by atoms with van der Waals surface area (Å²) in [5, 5.41) is 3.33. The Morgan fingerprint density at radius 2 is 1.83 bits per heavy atom. The van der Waals surface area contributed by atoms with Gasteiger partial charge in [0, 0.05) is 26.2 Å². The van der Waals surface area contributed by atoms with Crippen molar-refractivity contribution < 1.29 is 9.15 Å². The van der Waals surface area contributed by atoms with Crippen LogP contribution in [0, 0.1) is 6.92 Å². The number of rotatable bonds is 6. The molecule has 0 unspecified atom stereocenters. The van der Waals surface area contributed by atoms with Gasteiger partial charge in [0.05, 0.1) is 19.3 Å². The van der Waals surface area contributed by atoms with Crippen LogP contribution in [0.5, 0.6) is 5.75 Å². The highest BCUT2D eigenvalue weighted by Gasteiger charge is 2.10. The molecule has 7 heteroatoms. The van der Waals surface area contributed by atoms with E-state index in [1.807, 2.05) is 55.6 Å². The van der Waals surface area contributed by atoms with Crippen molar-refractivity contribution in [3.63, 3.8) is 0 Å². The van der Waals surface area contributed by atoms with Gasteiger partial charge in [-0.05, 0) is 36.8 Å². The largest absolute Gasteiger partial charge is 0.497 e. The lowest BCUT2D eigenvalue weighted by Crippen LogP contribution is -2.38. The highest BCUT2D eigenvalue weighted by Crippen LogP contribution is 2.19. The fraction of sp³-hybridized carbons (Fsp3) is 0.273. The van der Waals surface area contributed by atoms with Gasteiger partial charge in [-0.3, -0.25) is 4.99 Å². The first-order valence-electron chi connectivity index (χ1n) is 9.15. The second-order valence-electron chi connectivity index (χ2n) is 6.61. The van der Waals surface area contributed by atoms with E-state index in [0.29, 0.717) is 12.4 Å². The zero-order valence-corrected chi connectivity index (χ0v) is 19.5. The monoisotopic (exact) mass is 506 g/mol. The van der Waals surface area contributed by atoms with Crippen LogP contribution in [0.2, 0.25) is 0 Å². The van der Waals surface area contributed by atoms with Gasteiger partial charge in [-0.15, -0.1) is 24.0 Å². The summed E-state index contributed by atoms with van der Waals surface area (Å²) in [6.45, 7) is 3.33. The predicted octanol–water partition coefficient (Wildman–Crippen LogP) is 4.48. The number of hydrogen-bond donors (Lipinski definition) is 1. The maximum absolute atomic E-state index is 5.62. The smallest absolute Gasteiger partial charge is 0.226 e. The molecule has 0 amide bonds. The zero-order chi connectivity index (χ0) is 19.9. The molecular weight excluding hydrogens is 479 g/mol. The number of oxazole rings is 1. The third-order valence-electron chi connectivity index (χ3n) is 4.43. The fourth-order valence-corrected chi connectivity index (χ4v) is 2.85. The third-order valence-corrected chi connectivity index (χ3v) is 4.43. The number of aromatic nitrogens is 1. The van der Waals surface area contributed by atoms with Crippen molar-refractivity contribution in [2.24, 2.45) is 4.99 Å². The van der Waals surface area contributed by atoms with Gasteiger partial charge in [0.25, 0.3) is 0 Å². The Labute approximate surface area is 189 Å². The van der Waals surface area contributed by atoms with Gasteiger partial charge < -0.3 is 19.4 Å². The summed E-state index contributed by atoms with van der Waals surface area (Å²) in [4.78, 5) is 11.0. The van der Waals surface area contributed by atoms with Crippen LogP contribution < -0.4 is 10.1 Å². The zero-order valence-electron chi connectivity index (χ0n) is 17.2. The molecule has 0 saturated heterocycles. The lowest BCUT2D eigenvalue weighted by Gasteiger charge is -2.22. The Balaban J connectivity index is 0.00000300. The Bertz CT molecular complexity index is 921. The van der Waals surface area contributed by atoms with Gasteiger partial charge in [0.1, 0.15) is 12.0 Å². The van der Waals surface area contributed by atoms with Gasteiger partial charge in [0.15, 0.2) is 5.96 Å². The molecule has 29 heavy (non-hydrogen) atoms. The number of hydrogen-bond acceptors (Lipinski definition) is 4. The molecule has 3 rings (SSSR count). The number of benzene rings is 2. The number of methoxy groups -OCH3 is 1. The number of aliphatic imine (C=N–C) groups is 1. The summed E-state index contributed by atoms with van der Waals surface area (Å²) >= 11 is 0. The molecule has 0 bridgehead atoms. The molecule has 1 aromatic heterocycles. The van der Waals surface area contributed by atoms with E-state index in [1.165, 1.54) is 11.1 Å². The van der Waals surface area contributed by atoms with Crippen LogP contribution in [0.3, 0.4) is 0 Å². The summed E-state index contributed by atoms with van der Waals surface area (Å²) in [6.07, 6.45) is 1.68. The number of nitrogens with zero attached hydrogens (tertiary/aromatic N) is 3. The van der Waals surface area contributed by atoms with E-state index in [-0.39, 0.29) is 24.0 Å². The van der Waals surface area contributed by atoms with Crippen molar-refractivity contribution in [1.82, 2.24) is 15.2 Å². The lowest BCUT2D eigenvalue weighted by atomic mass is 10.1. The summed E-state index contributed by atoms with van der Waals surface area (Å²) in [7, 11) is 5.44. The Morgan fingerprint density at radius 1 is 1.14 bits per heavy atom. The summed E-state index contributed by atoms with van der Waals surface area (Å²) in [5.74, 6) is 2.26. The minimum absolute atomic E-state index is 0. The average molecular weight is 506 g/mol. The van der Waals surface area contributed by atoms with Crippen LogP contribution in [0.15, 0.2) is 64.2 Å². The van der Waals surface area contributed by atoms with Crippen LogP contribution in [-0.4, -0.2) is 37.0 Å². The molecular formula is C22H27IN4O2. The number of nitrogens with one attached hydrogen (secondary N) is 1. The molecule has 3 aromatic rings. The normalized spacial score (nSPS) is 11.0. The number of guanidine groups is 1. The molecule has 0 fully saturated rings. The highest BCUT2D eigenvalue weighted by atomic mass is 127. The quantitative estimate of drug-likeness (QED) is 0.304. The topological polar surface area (TPSA) is 62.9 Å². The molecule has 6 nitrogen and oxygen atoms in total. The van der Waals surface area contributed by atoms with Crippen molar-refractivity contribution in [1.29, 1.82) is 0 Å². The molecule has 0 atom stereocenters. The van der Waals surface area contributed by atoms with Crippen LogP contribution >= 0.6 is 24.0 Å². The second-order valence-corrected chi connectivity index (χ2v) is 6.61. The van der Waals surface area contributed by atoms with Gasteiger partial charge in [-0.25, -0.2) is 4.98 Å². The standard InChI is InChI=1S/C22H26N4O2.HI/c1-16-5-9-18(10-6-16)21-25-19(15-28-21)13-24-22(23-2)26(3)14-17-7-11-20(27-4)12-8-17;/h5-12,15H,13-14H2,1-4H3,(H,23,24);1H. The molecule has 2 aromatic carbocycles. The first-order valence-corrected chi connectivity index (χ1v) is 9.15. The minimum atomic E-state index is 0. The number of halogens is 1. The lowest BCUT2D eigenvalue weighted by molar-refractivity contribution is 0.414. The van der Waals surface area contributed by atoms with E-state index >= 15 is 0 Å². The molecule has 154 valence electrons. The van der Waals surface area contributed by atoms with Gasteiger partial charge >= 0.3 is 0 Å². The second kappa shape index (κ2) is 10.8. The van der Waals surface area contributed by atoms with E-state index in [1.54, 1.807) is 20.4 Å². The van der Waals surface area contributed by atoms with Crippen LogP contribution in [0.1, 0.15) is 16.8 Å². The first kappa shape index (κ1) is 22.7. The number of aryl methyl sites for hydroxylation is 1. The van der Waals surface area contributed by atoms with Crippen LogP contribution in [-0.2, 0) is 13.1 Å². The van der Waals surface area contributed by atoms with E-state index in [2.05, 4.69) is 27.1 Å². The van der Waals surface area contributed by atoms with Crippen molar-refractivity contribution >= 4 is 29.9 Å². The highest BCUT2D eigenvalue weighted by molar-refractivity contribution is 14.0. The predicted molar refractivity (Wildman–Crippen MR) is 127 cm³/mol. The summed E-state index contributed by atoms with van der Waals surface area (Å²) < 4.78 is 10.8. The molecule has 0 aliphatic rings. The van der Waals surface area contributed by atoms with Crippen LogP contribution in [0.25, 0.3) is 11.5 Å². The van der Waals surface area contributed by atoms with Crippen molar-refractivity contribution in [2.45, 2.75) is 20.0 Å². The summed E-state index contributed by atoms with van der Waals surface area (Å²) in [5.41, 5.74) is 4.18. The molecule has 0 radical (unpaired) electrons. The number of ether oxygens (including phenoxy) is 1. The van der Waals surface area contributed by atoms with Crippen LogP contribution in [0.4, 0.5) is 0 Å². The fourth-order valence-electron chi connectivity index (χ4n) is 2.85. The molecule has 0 aliphatic heterocycles. The van der Waals surface area contributed by atoms with E-state index in [0.717, 1.165) is 29.5 Å². The van der Waals surface area contributed by atoms with Gasteiger partial charge in [-0.1, -0.05) is 29.8 Å². The maximum atomic E-state index is 5.62. The van der Waals surface area contributed by atoms with E-state index in [9.17, 15) is 0 Å². The van der Waals surface area contributed by atoms with Gasteiger partial charge in [-0.2, -0.15) is 0 Å². The molecule has 0 saturated carbocycles. The minimum Gasteiger partial charge on any atom is -0.497 e. The Hall–Kier alpha value is -2.55. The average Bonchev–Trinajstić information content (AvgIpc) is 3.18. The first-order chi connectivity index (χ1) is 13.6. The molecule has 1 N–H and O–H groups in total. The molecule has 0 aliphatic carbocycles. The summed E-state index contributed by atoms with van der Waals surface area (Å²) in [6, 6.07) is 16.1. The Kier molecular flexibility index (Phi) is 8.50. The van der Waals surface area contributed by atoms with E-state index < -0.39 is 0 Å². The third kappa shape index (κ3) is 6.22. The van der Waals surface area contributed by atoms with Crippen molar-refractivity contribution in [3.8, 4) is 17.2 Å². The van der Waals surface area contributed by atoms with E-state index in [4.69, 9.17) is 9.15 Å². The molecule has 0 spiro atoms. The van der Waals surface area contributed by atoms with Gasteiger partial charge in [0.2, 0.25) is 5.89 Å². The van der Waals surface area contributed by atoms with Crippen molar-refractivity contribution in [2.75, 3.05) is 21.2 Å². The SMILES string of the molecule is CN=C(NCc1coc(-c2ccc(C)cc2)n1)N(C)Cc1ccc(OC)cc1.I. The van der Waals surface area contributed by atoms with Crippen molar-refractivity contribution in [3.05, 3.63) is 71.6 Å². The Morgan fingerprint density at radius 3 is 2.45 bits per heavy atom. The maximum Gasteiger partial charge on any atom is 0.226 e.